The molecular weight excluding hydrogens is 158 g/mol. The zero-order valence-electron chi connectivity index (χ0n) is 7.79. The minimum absolute atomic E-state index is 0.177. The largest absolute Gasteiger partial charge is 0.492 e. The topological polar surface area (TPSA) is 23.5 Å². The summed E-state index contributed by atoms with van der Waals surface area (Å²) in [5.41, 5.74) is 0. The molecule has 0 unspecified atom stereocenters. The fourth-order valence-electron chi connectivity index (χ4n) is 0.833. The lowest BCUT2D eigenvalue weighted by molar-refractivity contribution is 0.217. The summed E-state index contributed by atoms with van der Waals surface area (Å²) in [5.74, 6) is 0.420. The predicted molar refractivity (Wildman–Crippen MR) is 52.8 cm³/mol. The predicted octanol–water partition coefficient (Wildman–Crippen LogP) is 1.56. The molecule has 0 bridgehead atoms. The average molecular weight is 176 g/mol. The van der Waals surface area contributed by atoms with E-state index in [0.717, 1.165) is 13.1 Å². The van der Waals surface area contributed by atoms with E-state index < -0.39 is 0 Å². The van der Waals surface area contributed by atoms with Gasteiger partial charge >= 0.3 is 0 Å². The second-order valence-corrected chi connectivity index (χ2v) is 4.52. The highest BCUT2D eigenvalue weighted by atomic mass is 32.2. The number of nitrogens with zero attached hydrogens (tertiary/aromatic N) is 1. The minimum atomic E-state index is 0.177. The van der Waals surface area contributed by atoms with Crippen LogP contribution in [0.4, 0.5) is 0 Å². The van der Waals surface area contributed by atoms with Crippen molar-refractivity contribution in [3.63, 3.8) is 0 Å². The lowest BCUT2D eigenvalue weighted by Crippen LogP contribution is -2.22. The van der Waals surface area contributed by atoms with Crippen molar-refractivity contribution >= 4 is 10.9 Å². The quantitative estimate of drug-likeness (QED) is 0.519. The van der Waals surface area contributed by atoms with E-state index in [1.807, 2.05) is 24.2 Å². The van der Waals surface area contributed by atoms with Crippen molar-refractivity contribution in [1.29, 1.82) is 0 Å². The monoisotopic (exact) mass is 176 g/mol. The van der Waals surface area contributed by atoms with Crippen molar-refractivity contribution in [2.24, 2.45) is 0 Å². The van der Waals surface area contributed by atoms with E-state index in [1.165, 1.54) is 0 Å². The van der Waals surface area contributed by atoms with Crippen molar-refractivity contribution < 1.29 is 5.11 Å². The maximum Gasteiger partial charge on any atom is 0.236 e. The van der Waals surface area contributed by atoms with Gasteiger partial charge in [0.15, 0.2) is 5.41 Å². The van der Waals surface area contributed by atoms with Crippen LogP contribution in [-0.4, -0.2) is 35.6 Å². The summed E-state index contributed by atoms with van der Waals surface area (Å²) < 4.78 is 0. The van der Waals surface area contributed by atoms with E-state index in [9.17, 15) is 5.11 Å². The fourth-order valence-corrected chi connectivity index (χ4v) is 1.40. The highest BCUT2D eigenvalue weighted by molar-refractivity contribution is 7.98. The van der Waals surface area contributed by atoms with Gasteiger partial charge in [0, 0.05) is 24.0 Å². The zero-order chi connectivity index (χ0) is 8.85. The molecular formula is C8H18NOS+. The molecule has 0 amide bonds. The van der Waals surface area contributed by atoms with Gasteiger partial charge in [-0.2, -0.15) is 0 Å². The Labute approximate surface area is 72.2 Å². The van der Waals surface area contributed by atoms with Crippen LogP contribution in [0, 0.1) is 0 Å². The Balaban J connectivity index is 4.07. The average Bonchev–Trinajstić information content (AvgIpc) is 1.88. The van der Waals surface area contributed by atoms with E-state index in [0.29, 0.717) is 5.88 Å². The summed E-state index contributed by atoms with van der Waals surface area (Å²) in [6.45, 7) is 5.82. The Bertz CT molecular complexity index is 130. The van der Waals surface area contributed by atoms with Gasteiger partial charge in [-0.15, -0.1) is 0 Å². The third-order valence-electron chi connectivity index (χ3n) is 1.43. The van der Waals surface area contributed by atoms with Crippen LogP contribution < -0.4 is 0 Å². The molecule has 11 heavy (non-hydrogen) atoms. The van der Waals surface area contributed by atoms with E-state index in [-0.39, 0.29) is 10.9 Å². The van der Waals surface area contributed by atoms with Crippen molar-refractivity contribution in [2.45, 2.75) is 13.8 Å². The Morgan fingerprint density at radius 2 is 1.82 bits per heavy atom. The molecule has 0 saturated heterocycles. The van der Waals surface area contributed by atoms with Gasteiger partial charge in [0.2, 0.25) is 5.88 Å². The van der Waals surface area contributed by atoms with Crippen LogP contribution in [0.2, 0.25) is 0 Å². The van der Waals surface area contributed by atoms with Crippen LogP contribution in [-0.2, 0) is 10.9 Å². The third kappa shape index (κ3) is 4.19. The Morgan fingerprint density at radius 1 is 1.36 bits per heavy atom. The zero-order valence-corrected chi connectivity index (χ0v) is 8.61. The Kier molecular flexibility index (Phi) is 5.20. The summed E-state index contributed by atoms with van der Waals surface area (Å²) >= 11 is 0. The van der Waals surface area contributed by atoms with Crippen LogP contribution in [0.25, 0.3) is 0 Å². The van der Waals surface area contributed by atoms with Gasteiger partial charge in [-0.05, 0) is 13.8 Å². The smallest absolute Gasteiger partial charge is 0.236 e. The van der Waals surface area contributed by atoms with Gasteiger partial charge in [-0.3, -0.25) is 0 Å². The summed E-state index contributed by atoms with van der Waals surface area (Å²) in [5, 5.41) is 11.4. The molecule has 0 saturated carbocycles. The summed E-state index contributed by atoms with van der Waals surface area (Å²) in [6.07, 6.45) is 4.17. The van der Waals surface area contributed by atoms with Crippen LogP contribution in [0.5, 0.6) is 0 Å². The molecule has 66 valence electrons. The number of rotatable bonds is 4. The molecule has 0 rings (SSSR count). The van der Waals surface area contributed by atoms with Crippen molar-refractivity contribution in [1.82, 2.24) is 4.90 Å². The van der Waals surface area contributed by atoms with Crippen LogP contribution in [0.1, 0.15) is 13.8 Å². The van der Waals surface area contributed by atoms with Gasteiger partial charge in [-0.1, -0.05) is 0 Å². The van der Waals surface area contributed by atoms with Gasteiger partial charge < -0.3 is 10.0 Å². The van der Waals surface area contributed by atoms with Gasteiger partial charge in [0.1, 0.15) is 12.5 Å². The maximum atomic E-state index is 9.47. The first kappa shape index (κ1) is 10.7. The third-order valence-corrected chi connectivity index (χ3v) is 2.11. The van der Waals surface area contributed by atoms with Crippen LogP contribution in [0.3, 0.4) is 0 Å². The molecule has 0 aromatic carbocycles. The van der Waals surface area contributed by atoms with E-state index >= 15 is 0 Å². The van der Waals surface area contributed by atoms with Crippen molar-refractivity contribution in [2.75, 3.05) is 25.6 Å². The second-order valence-electron chi connectivity index (χ2n) is 2.53. The molecule has 0 atom stereocenters. The first-order chi connectivity index (χ1) is 5.11. The number of hydrogen-bond donors (Lipinski definition) is 1. The molecule has 0 aliphatic heterocycles. The molecule has 0 heterocycles. The lowest BCUT2D eigenvalue weighted by atomic mass is 10.5. The molecule has 3 heteroatoms. The first-order valence-corrected chi connectivity index (χ1v) is 5.94. The highest BCUT2D eigenvalue weighted by Crippen LogP contribution is 2.01. The molecule has 2 nitrogen and oxygen atoms in total. The SMILES string of the molecule is CCN(CC)/C(O)=C/[S+](C)C. The van der Waals surface area contributed by atoms with Crippen molar-refractivity contribution in [3.05, 3.63) is 11.3 Å². The highest BCUT2D eigenvalue weighted by Gasteiger charge is 2.07. The molecule has 0 aliphatic rings. The van der Waals surface area contributed by atoms with Crippen molar-refractivity contribution in [3.8, 4) is 0 Å². The second kappa shape index (κ2) is 5.35. The van der Waals surface area contributed by atoms with Gasteiger partial charge in [-0.25, -0.2) is 0 Å². The Hall–Kier alpha value is -0.310. The molecule has 0 fully saturated rings. The lowest BCUT2D eigenvalue weighted by Gasteiger charge is -2.17. The fraction of sp³-hybridized carbons (Fsp3) is 0.750. The standard InChI is InChI=1S/C8H17NOS/c1-5-9(6-2)8(10)7-11(3)4/h7H,5-6H2,1-4H3/p+1/b8-7-. The first-order valence-electron chi connectivity index (χ1n) is 3.83. The Morgan fingerprint density at radius 3 is 2.09 bits per heavy atom. The van der Waals surface area contributed by atoms with Crippen LogP contribution in [0.15, 0.2) is 11.3 Å². The number of aliphatic hydroxyl groups excluding tert-OH is 1. The van der Waals surface area contributed by atoms with E-state index in [1.54, 1.807) is 0 Å². The molecule has 0 radical (unpaired) electrons. The van der Waals surface area contributed by atoms with Crippen LogP contribution >= 0.6 is 0 Å². The van der Waals surface area contributed by atoms with E-state index in [4.69, 9.17) is 0 Å². The molecule has 0 aromatic heterocycles. The number of aliphatic hydroxyl groups is 1. The molecule has 1 N–H and O–H groups in total. The van der Waals surface area contributed by atoms with Gasteiger partial charge in [0.25, 0.3) is 0 Å². The number of hydrogen-bond acceptors (Lipinski definition) is 2. The maximum absolute atomic E-state index is 9.47. The van der Waals surface area contributed by atoms with E-state index in [2.05, 4.69) is 12.5 Å². The molecule has 0 aliphatic carbocycles. The summed E-state index contributed by atoms with van der Waals surface area (Å²) in [4.78, 5) is 1.94. The van der Waals surface area contributed by atoms with Gasteiger partial charge in [0.05, 0.1) is 0 Å². The normalized spacial score (nSPS) is 12.3. The summed E-state index contributed by atoms with van der Waals surface area (Å²) in [7, 11) is 0.177. The minimum Gasteiger partial charge on any atom is -0.492 e. The summed E-state index contributed by atoms with van der Waals surface area (Å²) in [6, 6.07) is 0. The molecule has 0 aromatic rings. The molecule has 0 spiro atoms.